The van der Waals surface area contributed by atoms with E-state index in [0.29, 0.717) is 5.69 Å². The van der Waals surface area contributed by atoms with Crippen LogP contribution in [-0.2, 0) is 6.18 Å². The van der Waals surface area contributed by atoms with Crippen LogP contribution in [0, 0.1) is 11.5 Å². The third-order valence-corrected chi connectivity index (χ3v) is 3.22. The first kappa shape index (κ1) is 15.2. The predicted octanol–water partition coefficient (Wildman–Crippen LogP) is 2.91. The number of aromatic nitrogens is 4. The van der Waals surface area contributed by atoms with Crippen molar-refractivity contribution in [2.24, 2.45) is 0 Å². The standard InChI is InChI=1S/C13H13F3N4Si/c1-21(2,3)9-8-10-4-6-11(7-5-10)20-18-12(17-19-20)13(14,15)16/h4-7H,1-3H3. The van der Waals surface area contributed by atoms with Crippen molar-refractivity contribution in [3.8, 4) is 17.2 Å². The summed E-state index contributed by atoms with van der Waals surface area (Å²) in [6, 6.07) is 6.66. The second kappa shape index (κ2) is 5.33. The lowest BCUT2D eigenvalue weighted by atomic mass is 10.2. The van der Waals surface area contributed by atoms with E-state index < -0.39 is 20.1 Å². The molecule has 110 valence electrons. The van der Waals surface area contributed by atoms with Gasteiger partial charge in [0.25, 0.3) is 5.82 Å². The van der Waals surface area contributed by atoms with Crippen LogP contribution in [0.5, 0.6) is 0 Å². The molecule has 0 N–H and O–H groups in total. The van der Waals surface area contributed by atoms with Crippen LogP contribution < -0.4 is 0 Å². The van der Waals surface area contributed by atoms with Crippen molar-refractivity contribution in [2.75, 3.05) is 0 Å². The van der Waals surface area contributed by atoms with E-state index in [2.05, 4.69) is 46.5 Å². The Morgan fingerprint density at radius 1 is 1.10 bits per heavy atom. The van der Waals surface area contributed by atoms with E-state index in [1.54, 1.807) is 24.3 Å². The molecule has 0 fully saturated rings. The molecule has 0 spiro atoms. The van der Waals surface area contributed by atoms with Gasteiger partial charge in [0.15, 0.2) is 0 Å². The van der Waals surface area contributed by atoms with Gasteiger partial charge in [0.05, 0.1) is 5.69 Å². The minimum absolute atomic E-state index is 0.400. The Bertz CT molecular complexity index is 687. The number of benzene rings is 1. The van der Waals surface area contributed by atoms with E-state index in [1.165, 1.54) is 0 Å². The lowest BCUT2D eigenvalue weighted by Crippen LogP contribution is -2.16. The van der Waals surface area contributed by atoms with Crippen molar-refractivity contribution in [1.82, 2.24) is 20.2 Å². The molecule has 0 amide bonds. The number of hydrogen-bond acceptors (Lipinski definition) is 3. The van der Waals surface area contributed by atoms with Crippen molar-refractivity contribution in [3.63, 3.8) is 0 Å². The van der Waals surface area contributed by atoms with Gasteiger partial charge in [0.2, 0.25) is 0 Å². The fourth-order valence-corrected chi connectivity index (χ4v) is 1.89. The summed E-state index contributed by atoms with van der Waals surface area (Å²) in [4.78, 5) is 0.846. The summed E-state index contributed by atoms with van der Waals surface area (Å²) in [5, 5.41) is 9.69. The van der Waals surface area contributed by atoms with Gasteiger partial charge in [-0.1, -0.05) is 25.6 Å². The molecular formula is C13H13F3N4Si. The number of hydrogen-bond donors (Lipinski definition) is 0. The average Bonchev–Trinajstić information content (AvgIpc) is 2.85. The molecule has 1 aromatic heterocycles. The van der Waals surface area contributed by atoms with Crippen LogP contribution in [0.1, 0.15) is 11.4 Å². The van der Waals surface area contributed by atoms with Crippen LogP contribution in [0.3, 0.4) is 0 Å². The quantitative estimate of drug-likeness (QED) is 0.601. The molecule has 0 aliphatic rings. The fraction of sp³-hybridized carbons (Fsp3) is 0.308. The Morgan fingerprint density at radius 2 is 1.71 bits per heavy atom. The molecular weight excluding hydrogens is 297 g/mol. The van der Waals surface area contributed by atoms with Gasteiger partial charge in [-0.3, -0.25) is 0 Å². The van der Waals surface area contributed by atoms with Gasteiger partial charge in [-0.15, -0.1) is 20.5 Å². The number of rotatable bonds is 1. The first-order valence-corrected chi connectivity index (χ1v) is 9.66. The van der Waals surface area contributed by atoms with Crippen molar-refractivity contribution in [3.05, 3.63) is 35.7 Å². The third-order valence-electron chi connectivity index (χ3n) is 2.35. The normalized spacial score (nSPS) is 11.9. The second-order valence-electron chi connectivity index (χ2n) is 5.45. The maximum Gasteiger partial charge on any atom is 0.455 e. The maximum absolute atomic E-state index is 12.4. The molecule has 0 radical (unpaired) electrons. The van der Waals surface area contributed by atoms with E-state index in [-0.39, 0.29) is 0 Å². The highest BCUT2D eigenvalue weighted by molar-refractivity contribution is 6.83. The fourth-order valence-electron chi connectivity index (χ4n) is 1.37. The molecule has 4 nitrogen and oxygen atoms in total. The Balaban J connectivity index is 2.23. The van der Waals surface area contributed by atoms with Gasteiger partial charge in [0.1, 0.15) is 8.07 Å². The summed E-state index contributed by atoms with van der Waals surface area (Å²) < 4.78 is 37.2. The molecule has 0 aliphatic carbocycles. The van der Waals surface area contributed by atoms with Gasteiger partial charge in [-0.05, 0) is 29.5 Å². The van der Waals surface area contributed by atoms with E-state index in [9.17, 15) is 13.2 Å². The smallest absolute Gasteiger partial charge is 0.163 e. The van der Waals surface area contributed by atoms with Crippen molar-refractivity contribution >= 4 is 8.07 Å². The monoisotopic (exact) mass is 310 g/mol. The molecule has 0 unspecified atom stereocenters. The highest BCUT2D eigenvalue weighted by atomic mass is 28.3. The minimum atomic E-state index is -4.60. The van der Waals surface area contributed by atoms with Crippen LogP contribution in [-0.4, -0.2) is 28.3 Å². The Labute approximate surface area is 121 Å². The van der Waals surface area contributed by atoms with Gasteiger partial charge < -0.3 is 0 Å². The lowest BCUT2D eigenvalue weighted by Gasteiger charge is -2.03. The van der Waals surface area contributed by atoms with Gasteiger partial charge in [-0.25, -0.2) is 0 Å². The van der Waals surface area contributed by atoms with E-state index in [1.807, 2.05) is 0 Å². The number of tetrazole rings is 1. The van der Waals surface area contributed by atoms with Crippen LogP contribution in [0.4, 0.5) is 13.2 Å². The number of alkyl halides is 3. The molecule has 1 aromatic carbocycles. The molecule has 0 saturated carbocycles. The summed E-state index contributed by atoms with van der Waals surface area (Å²) in [5.74, 6) is 1.80. The Morgan fingerprint density at radius 3 is 2.19 bits per heavy atom. The zero-order valence-electron chi connectivity index (χ0n) is 11.7. The summed E-state index contributed by atoms with van der Waals surface area (Å²) in [7, 11) is -1.46. The first-order valence-electron chi connectivity index (χ1n) is 6.16. The van der Waals surface area contributed by atoms with Crippen LogP contribution >= 0.6 is 0 Å². The molecule has 2 rings (SSSR count). The Hall–Kier alpha value is -2.14. The summed E-state index contributed by atoms with van der Waals surface area (Å²) in [6.07, 6.45) is -4.60. The molecule has 2 aromatic rings. The third kappa shape index (κ3) is 4.16. The Kier molecular flexibility index (Phi) is 3.87. The molecule has 0 atom stereocenters. The van der Waals surface area contributed by atoms with Crippen LogP contribution in [0.25, 0.3) is 5.69 Å². The molecule has 0 aliphatic heterocycles. The zero-order chi connectivity index (χ0) is 15.7. The maximum atomic E-state index is 12.4. The molecule has 0 bridgehead atoms. The largest absolute Gasteiger partial charge is 0.455 e. The summed E-state index contributed by atoms with van der Waals surface area (Å²) in [5.41, 5.74) is 4.41. The van der Waals surface area contributed by atoms with Gasteiger partial charge >= 0.3 is 6.18 Å². The minimum Gasteiger partial charge on any atom is -0.163 e. The van der Waals surface area contributed by atoms with E-state index >= 15 is 0 Å². The number of nitrogens with zero attached hydrogens (tertiary/aromatic N) is 4. The molecule has 0 saturated heterocycles. The van der Waals surface area contributed by atoms with Crippen molar-refractivity contribution in [2.45, 2.75) is 25.8 Å². The molecule has 21 heavy (non-hydrogen) atoms. The van der Waals surface area contributed by atoms with Gasteiger partial charge in [-0.2, -0.15) is 13.2 Å². The highest BCUT2D eigenvalue weighted by Gasteiger charge is 2.36. The topological polar surface area (TPSA) is 43.6 Å². The van der Waals surface area contributed by atoms with E-state index in [0.717, 1.165) is 10.4 Å². The van der Waals surface area contributed by atoms with Crippen molar-refractivity contribution < 1.29 is 13.2 Å². The SMILES string of the molecule is C[Si](C)(C)C#Cc1ccc(-n2nnc(C(F)(F)F)n2)cc1. The van der Waals surface area contributed by atoms with Crippen LogP contribution in [0.15, 0.2) is 24.3 Å². The first-order chi connectivity index (χ1) is 9.65. The molecule has 1 heterocycles. The number of halogens is 3. The summed E-state index contributed by atoms with van der Waals surface area (Å²) in [6.45, 7) is 6.39. The highest BCUT2D eigenvalue weighted by Crippen LogP contribution is 2.25. The average molecular weight is 310 g/mol. The van der Waals surface area contributed by atoms with Crippen molar-refractivity contribution in [1.29, 1.82) is 0 Å². The molecule has 8 heteroatoms. The van der Waals surface area contributed by atoms with Crippen LogP contribution in [0.2, 0.25) is 19.6 Å². The van der Waals surface area contributed by atoms with Gasteiger partial charge in [0, 0.05) is 5.56 Å². The van der Waals surface area contributed by atoms with E-state index in [4.69, 9.17) is 0 Å². The summed E-state index contributed by atoms with van der Waals surface area (Å²) >= 11 is 0. The zero-order valence-corrected chi connectivity index (χ0v) is 12.7. The lowest BCUT2D eigenvalue weighted by molar-refractivity contribution is -0.145. The predicted molar refractivity (Wildman–Crippen MR) is 74.4 cm³/mol. The second-order valence-corrected chi connectivity index (χ2v) is 10.2.